The largest absolute Gasteiger partial charge is 0.296 e. The number of hydrogen-bond acceptors (Lipinski definition) is 3. The van der Waals surface area contributed by atoms with E-state index in [1.54, 1.807) is 6.07 Å². The summed E-state index contributed by atoms with van der Waals surface area (Å²) in [7, 11) is 0. The van der Waals surface area contributed by atoms with Gasteiger partial charge in [-0.3, -0.25) is 4.79 Å². The average molecular weight is 182 g/mol. The predicted octanol–water partition coefficient (Wildman–Crippen LogP) is 1.70. The molecule has 0 N–H and O–H groups in total. The van der Waals surface area contributed by atoms with Crippen LogP contribution in [0.15, 0.2) is 12.1 Å². The Labute approximate surface area is 72.6 Å². The summed E-state index contributed by atoms with van der Waals surface area (Å²) < 4.78 is 24.1. The van der Waals surface area contributed by atoms with E-state index in [-0.39, 0.29) is 17.5 Å². The van der Waals surface area contributed by atoms with E-state index < -0.39 is 12.1 Å². The predicted molar refractivity (Wildman–Crippen MR) is 39.3 cm³/mol. The third kappa shape index (κ3) is 1.85. The van der Waals surface area contributed by atoms with Gasteiger partial charge in [0, 0.05) is 0 Å². The van der Waals surface area contributed by atoms with Gasteiger partial charge in [-0.2, -0.15) is 5.26 Å². The number of pyridine rings is 1. The van der Waals surface area contributed by atoms with E-state index in [0.717, 1.165) is 12.1 Å². The Kier molecular flexibility index (Phi) is 2.65. The van der Waals surface area contributed by atoms with Crippen molar-refractivity contribution in [3.63, 3.8) is 0 Å². The SMILES string of the molecule is N#Cc1ccc(C(F)F)nc1C=O. The monoisotopic (exact) mass is 182 g/mol. The van der Waals surface area contributed by atoms with E-state index in [0.29, 0.717) is 0 Å². The molecule has 1 aromatic rings. The molecule has 1 heterocycles. The lowest BCUT2D eigenvalue weighted by Gasteiger charge is -1.99. The van der Waals surface area contributed by atoms with Crippen molar-refractivity contribution >= 4 is 6.29 Å². The summed E-state index contributed by atoms with van der Waals surface area (Å²) in [6, 6.07) is 3.85. The van der Waals surface area contributed by atoms with Crippen LogP contribution in [-0.4, -0.2) is 11.3 Å². The summed E-state index contributed by atoms with van der Waals surface area (Å²) in [6.45, 7) is 0. The highest BCUT2D eigenvalue weighted by Gasteiger charge is 2.11. The molecule has 66 valence electrons. The second-order valence-corrected chi connectivity index (χ2v) is 2.20. The van der Waals surface area contributed by atoms with Gasteiger partial charge < -0.3 is 0 Å². The molecule has 0 unspecified atom stereocenters. The first kappa shape index (κ1) is 9.26. The maximum absolute atomic E-state index is 12.1. The number of carbonyl (C=O) groups excluding carboxylic acids is 1. The van der Waals surface area contributed by atoms with E-state index in [1.165, 1.54) is 0 Å². The van der Waals surface area contributed by atoms with Crippen LogP contribution in [0.2, 0.25) is 0 Å². The molecule has 0 saturated carbocycles. The van der Waals surface area contributed by atoms with Crippen molar-refractivity contribution in [2.75, 3.05) is 0 Å². The molecular weight excluding hydrogens is 178 g/mol. The third-order valence-corrected chi connectivity index (χ3v) is 1.40. The first-order valence-corrected chi connectivity index (χ1v) is 3.33. The first-order chi connectivity index (χ1) is 6.19. The molecule has 0 spiro atoms. The molecule has 0 aliphatic carbocycles. The molecule has 3 nitrogen and oxygen atoms in total. The van der Waals surface area contributed by atoms with Gasteiger partial charge in [-0.15, -0.1) is 0 Å². The van der Waals surface area contributed by atoms with Crippen LogP contribution in [0.3, 0.4) is 0 Å². The van der Waals surface area contributed by atoms with Gasteiger partial charge in [0.1, 0.15) is 17.5 Å². The Balaban J connectivity index is 3.22. The number of hydrogen-bond donors (Lipinski definition) is 0. The zero-order valence-corrected chi connectivity index (χ0v) is 6.37. The molecule has 0 fully saturated rings. The molecule has 1 aromatic heterocycles. The Morgan fingerprint density at radius 3 is 2.69 bits per heavy atom. The highest BCUT2D eigenvalue weighted by atomic mass is 19.3. The Morgan fingerprint density at radius 1 is 1.54 bits per heavy atom. The van der Waals surface area contributed by atoms with Crippen molar-refractivity contribution in [2.24, 2.45) is 0 Å². The Bertz CT molecular complexity index is 371. The van der Waals surface area contributed by atoms with Crippen LogP contribution in [0, 0.1) is 11.3 Å². The number of nitrogens with zero attached hydrogens (tertiary/aromatic N) is 2. The maximum Gasteiger partial charge on any atom is 0.280 e. The average Bonchev–Trinajstić information content (AvgIpc) is 2.16. The zero-order chi connectivity index (χ0) is 9.84. The topological polar surface area (TPSA) is 53.8 Å². The lowest BCUT2D eigenvalue weighted by atomic mass is 10.2. The van der Waals surface area contributed by atoms with Gasteiger partial charge in [-0.1, -0.05) is 0 Å². The van der Waals surface area contributed by atoms with Gasteiger partial charge >= 0.3 is 0 Å². The van der Waals surface area contributed by atoms with Gasteiger partial charge in [-0.25, -0.2) is 13.8 Å². The van der Waals surface area contributed by atoms with Gasteiger partial charge in [0.15, 0.2) is 6.29 Å². The molecule has 0 aliphatic heterocycles. The molecule has 0 saturated heterocycles. The molecule has 0 bridgehead atoms. The van der Waals surface area contributed by atoms with E-state index >= 15 is 0 Å². The molecule has 0 atom stereocenters. The van der Waals surface area contributed by atoms with Crippen LogP contribution in [0.4, 0.5) is 8.78 Å². The second-order valence-electron chi connectivity index (χ2n) is 2.20. The summed E-state index contributed by atoms with van der Waals surface area (Å²) in [5.74, 6) is 0. The molecule has 0 aromatic carbocycles. The van der Waals surface area contributed by atoms with Crippen molar-refractivity contribution < 1.29 is 13.6 Å². The van der Waals surface area contributed by atoms with Crippen LogP contribution in [0.25, 0.3) is 0 Å². The lowest BCUT2D eigenvalue weighted by Crippen LogP contribution is -1.98. The fourth-order valence-corrected chi connectivity index (χ4v) is 0.797. The highest BCUT2D eigenvalue weighted by Crippen LogP contribution is 2.17. The van der Waals surface area contributed by atoms with Gasteiger partial charge in [-0.05, 0) is 12.1 Å². The van der Waals surface area contributed by atoms with Gasteiger partial charge in [0.25, 0.3) is 6.43 Å². The van der Waals surface area contributed by atoms with Gasteiger partial charge in [0.05, 0.1) is 5.56 Å². The molecular formula is C8H4F2N2O. The van der Waals surface area contributed by atoms with E-state index in [2.05, 4.69) is 4.98 Å². The van der Waals surface area contributed by atoms with E-state index in [9.17, 15) is 13.6 Å². The molecule has 5 heteroatoms. The van der Waals surface area contributed by atoms with Gasteiger partial charge in [0.2, 0.25) is 0 Å². The number of aromatic nitrogens is 1. The van der Waals surface area contributed by atoms with Crippen LogP contribution >= 0.6 is 0 Å². The lowest BCUT2D eigenvalue weighted by molar-refractivity contribution is 0.111. The normalized spacial score (nSPS) is 9.69. The summed E-state index contributed by atoms with van der Waals surface area (Å²) >= 11 is 0. The minimum atomic E-state index is -2.73. The Morgan fingerprint density at radius 2 is 2.23 bits per heavy atom. The first-order valence-electron chi connectivity index (χ1n) is 3.33. The number of aldehydes is 1. The molecule has 0 radical (unpaired) electrons. The third-order valence-electron chi connectivity index (χ3n) is 1.40. The number of halogens is 2. The standard InChI is InChI=1S/C8H4F2N2O/c9-8(10)6-2-1-5(3-11)7(4-13)12-6/h1-2,4,8H. The molecule has 13 heavy (non-hydrogen) atoms. The van der Waals surface area contributed by atoms with Crippen LogP contribution in [0.5, 0.6) is 0 Å². The molecule has 0 amide bonds. The minimum absolute atomic E-state index is 0.000556. The van der Waals surface area contributed by atoms with Crippen molar-refractivity contribution in [1.82, 2.24) is 4.98 Å². The van der Waals surface area contributed by atoms with Crippen molar-refractivity contribution in [1.29, 1.82) is 5.26 Å². The fraction of sp³-hybridized carbons (Fsp3) is 0.125. The minimum Gasteiger partial charge on any atom is -0.296 e. The van der Waals surface area contributed by atoms with Crippen molar-refractivity contribution in [3.05, 3.63) is 29.1 Å². The smallest absolute Gasteiger partial charge is 0.280 e. The Hall–Kier alpha value is -1.83. The van der Waals surface area contributed by atoms with Crippen LogP contribution < -0.4 is 0 Å². The van der Waals surface area contributed by atoms with E-state index in [4.69, 9.17) is 5.26 Å². The number of rotatable bonds is 2. The van der Waals surface area contributed by atoms with Crippen LogP contribution in [-0.2, 0) is 0 Å². The molecule has 1 rings (SSSR count). The van der Waals surface area contributed by atoms with Crippen molar-refractivity contribution in [2.45, 2.75) is 6.43 Å². The quantitative estimate of drug-likeness (QED) is 0.654. The van der Waals surface area contributed by atoms with Crippen LogP contribution in [0.1, 0.15) is 28.2 Å². The molecule has 0 aliphatic rings. The summed E-state index contributed by atoms with van der Waals surface area (Å²) in [6.07, 6.45) is -2.45. The number of carbonyl (C=O) groups is 1. The van der Waals surface area contributed by atoms with E-state index in [1.807, 2.05) is 0 Å². The summed E-state index contributed by atoms with van der Waals surface area (Å²) in [5, 5.41) is 8.44. The number of alkyl halides is 2. The zero-order valence-electron chi connectivity index (χ0n) is 6.37. The second kappa shape index (κ2) is 3.72. The fourth-order valence-electron chi connectivity index (χ4n) is 0.797. The maximum atomic E-state index is 12.1. The van der Waals surface area contributed by atoms with Crippen molar-refractivity contribution in [3.8, 4) is 6.07 Å². The summed E-state index contributed by atoms with van der Waals surface area (Å²) in [4.78, 5) is 13.6. The highest BCUT2D eigenvalue weighted by molar-refractivity contribution is 5.76. The summed E-state index contributed by atoms with van der Waals surface area (Å²) in [5.41, 5.74) is -0.749. The number of nitriles is 1.